The van der Waals surface area contributed by atoms with Crippen molar-refractivity contribution in [2.45, 2.75) is 52.4 Å². The highest BCUT2D eigenvalue weighted by molar-refractivity contribution is 7.80. The minimum atomic E-state index is -0.784. The molecule has 21 heavy (non-hydrogen) atoms. The molecule has 1 aliphatic rings. The van der Waals surface area contributed by atoms with Crippen LogP contribution in [0.5, 0.6) is 0 Å². The number of carbonyl (C=O) groups is 1. The quantitative estimate of drug-likeness (QED) is 0.655. The van der Waals surface area contributed by atoms with E-state index < -0.39 is 5.41 Å². The molecule has 114 valence electrons. The average Bonchev–Trinajstić information content (AvgIpc) is 2.69. The van der Waals surface area contributed by atoms with Crippen molar-refractivity contribution < 1.29 is 4.79 Å². The Morgan fingerprint density at radius 1 is 1.14 bits per heavy atom. The Morgan fingerprint density at radius 2 is 1.76 bits per heavy atom. The van der Waals surface area contributed by atoms with Crippen LogP contribution in [0.3, 0.4) is 0 Å². The molecule has 6 nitrogen and oxygen atoms in total. The number of hydrogen-bond acceptors (Lipinski definition) is 5. The number of nitrogens with two attached hydrogens (primary N) is 1. The first-order valence-corrected chi connectivity index (χ1v) is 7.66. The van der Waals surface area contributed by atoms with Crippen LogP contribution in [-0.2, 0) is 4.79 Å². The van der Waals surface area contributed by atoms with Gasteiger partial charge in [-0.25, -0.2) is 4.98 Å². The molecule has 7 heteroatoms. The van der Waals surface area contributed by atoms with Crippen molar-refractivity contribution in [2.75, 3.05) is 5.32 Å². The van der Waals surface area contributed by atoms with E-state index in [1.165, 1.54) is 0 Å². The number of amides is 1. The third-order valence-corrected chi connectivity index (χ3v) is 4.57. The summed E-state index contributed by atoms with van der Waals surface area (Å²) in [7, 11) is 0. The van der Waals surface area contributed by atoms with E-state index >= 15 is 0 Å². The molecule has 0 bridgehead atoms. The molecule has 0 atom stereocenters. The predicted molar refractivity (Wildman–Crippen MR) is 84.9 cm³/mol. The van der Waals surface area contributed by atoms with Crippen molar-refractivity contribution in [3.63, 3.8) is 0 Å². The molecule has 1 aromatic rings. The lowest BCUT2D eigenvalue weighted by molar-refractivity contribution is -0.122. The van der Waals surface area contributed by atoms with Gasteiger partial charge in [0.05, 0.1) is 21.8 Å². The van der Waals surface area contributed by atoms with E-state index in [1.807, 2.05) is 13.8 Å². The number of aryl methyl sites for hydroxylation is 2. The van der Waals surface area contributed by atoms with E-state index in [0.29, 0.717) is 12.8 Å². The SMILES string of the molecule is Cc1nnc(NC(=O)C2(C(N)=S)CCCCCC2)nc1C. The van der Waals surface area contributed by atoms with E-state index in [1.54, 1.807) is 0 Å². The van der Waals surface area contributed by atoms with Crippen molar-refractivity contribution in [3.8, 4) is 0 Å². The summed E-state index contributed by atoms with van der Waals surface area (Å²) in [5, 5.41) is 10.6. The van der Waals surface area contributed by atoms with Crippen molar-refractivity contribution in [1.82, 2.24) is 15.2 Å². The van der Waals surface area contributed by atoms with Crippen LogP contribution < -0.4 is 11.1 Å². The molecule has 1 fully saturated rings. The first kappa shape index (κ1) is 15.8. The molecule has 0 saturated heterocycles. The fraction of sp³-hybridized carbons (Fsp3) is 0.643. The maximum absolute atomic E-state index is 12.7. The van der Waals surface area contributed by atoms with Crippen LogP contribution in [-0.4, -0.2) is 26.1 Å². The number of nitrogens with zero attached hydrogens (tertiary/aromatic N) is 3. The Labute approximate surface area is 129 Å². The molecule has 1 aromatic heterocycles. The van der Waals surface area contributed by atoms with E-state index in [9.17, 15) is 4.79 Å². The molecule has 0 aromatic carbocycles. The molecular formula is C14H21N5OS. The van der Waals surface area contributed by atoms with E-state index in [-0.39, 0.29) is 16.8 Å². The van der Waals surface area contributed by atoms with Crippen LogP contribution in [0.4, 0.5) is 5.95 Å². The normalized spacial score (nSPS) is 17.8. The molecule has 1 amide bonds. The van der Waals surface area contributed by atoms with Gasteiger partial charge < -0.3 is 5.73 Å². The number of nitrogens with one attached hydrogen (secondary N) is 1. The highest BCUT2D eigenvalue weighted by atomic mass is 32.1. The first-order chi connectivity index (χ1) is 9.95. The van der Waals surface area contributed by atoms with Gasteiger partial charge in [0.2, 0.25) is 11.9 Å². The van der Waals surface area contributed by atoms with Gasteiger partial charge in [-0.15, -0.1) is 5.10 Å². The lowest BCUT2D eigenvalue weighted by Crippen LogP contribution is -2.46. The van der Waals surface area contributed by atoms with Crippen molar-refractivity contribution in [2.24, 2.45) is 11.1 Å². The second-order valence-corrected chi connectivity index (χ2v) is 6.06. The maximum atomic E-state index is 12.7. The minimum absolute atomic E-state index is 0.207. The van der Waals surface area contributed by atoms with Gasteiger partial charge in [-0.05, 0) is 26.7 Å². The summed E-state index contributed by atoms with van der Waals surface area (Å²) in [6.07, 6.45) is 5.51. The smallest absolute Gasteiger partial charge is 0.249 e. The summed E-state index contributed by atoms with van der Waals surface area (Å²) >= 11 is 5.19. The maximum Gasteiger partial charge on any atom is 0.249 e. The van der Waals surface area contributed by atoms with Crippen LogP contribution in [0.25, 0.3) is 0 Å². The van der Waals surface area contributed by atoms with Gasteiger partial charge >= 0.3 is 0 Å². The van der Waals surface area contributed by atoms with Gasteiger partial charge in [0.25, 0.3) is 0 Å². The van der Waals surface area contributed by atoms with Gasteiger partial charge in [-0.2, -0.15) is 5.10 Å². The zero-order valence-electron chi connectivity index (χ0n) is 12.5. The Morgan fingerprint density at radius 3 is 2.29 bits per heavy atom. The van der Waals surface area contributed by atoms with E-state index in [2.05, 4.69) is 20.5 Å². The average molecular weight is 307 g/mol. The molecule has 0 spiro atoms. The molecule has 1 aliphatic carbocycles. The van der Waals surface area contributed by atoms with Crippen molar-refractivity contribution >= 4 is 29.1 Å². The van der Waals surface area contributed by atoms with Crippen LogP contribution >= 0.6 is 12.2 Å². The summed E-state index contributed by atoms with van der Waals surface area (Å²) in [4.78, 5) is 17.2. The van der Waals surface area contributed by atoms with Gasteiger partial charge in [-0.1, -0.05) is 37.9 Å². The Kier molecular flexibility index (Phi) is 4.82. The lowest BCUT2D eigenvalue weighted by Gasteiger charge is -2.29. The number of rotatable bonds is 3. The fourth-order valence-electron chi connectivity index (χ4n) is 2.65. The number of hydrogen-bond donors (Lipinski definition) is 2. The number of aromatic nitrogens is 3. The third kappa shape index (κ3) is 3.34. The summed E-state index contributed by atoms with van der Waals surface area (Å²) < 4.78 is 0. The third-order valence-electron chi connectivity index (χ3n) is 4.18. The van der Waals surface area contributed by atoms with Gasteiger partial charge in [0.15, 0.2) is 0 Å². The van der Waals surface area contributed by atoms with Gasteiger partial charge in [-0.3, -0.25) is 10.1 Å². The van der Waals surface area contributed by atoms with Crippen LogP contribution in [0.1, 0.15) is 49.9 Å². The zero-order chi connectivity index (χ0) is 15.5. The molecule has 3 N–H and O–H groups in total. The number of carbonyl (C=O) groups excluding carboxylic acids is 1. The van der Waals surface area contributed by atoms with Crippen LogP contribution in [0, 0.1) is 19.3 Å². The largest absolute Gasteiger partial charge is 0.392 e. The Hall–Kier alpha value is -1.63. The predicted octanol–water partition coefficient (Wildman–Crippen LogP) is 2.05. The standard InChI is InChI=1S/C14H21N5OS/c1-9-10(2)18-19-13(16-9)17-12(20)14(11(15)21)7-5-3-4-6-8-14/h3-8H2,1-2H3,(H2,15,21)(H,16,17,19,20). The number of anilines is 1. The molecule has 0 aliphatic heterocycles. The summed E-state index contributed by atoms with van der Waals surface area (Å²) in [5.74, 6) is 0.00456. The Balaban J connectivity index is 2.22. The summed E-state index contributed by atoms with van der Waals surface area (Å²) in [6, 6.07) is 0. The lowest BCUT2D eigenvalue weighted by atomic mass is 9.79. The molecule has 1 saturated carbocycles. The number of thiocarbonyl (C=S) groups is 1. The molecular weight excluding hydrogens is 286 g/mol. The van der Waals surface area contributed by atoms with Crippen molar-refractivity contribution in [3.05, 3.63) is 11.4 Å². The minimum Gasteiger partial charge on any atom is -0.392 e. The fourth-order valence-corrected chi connectivity index (χ4v) is 2.95. The highest BCUT2D eigenvalue weighted by Crippen LogP contribution is 2.36. The van der Waals surface area contributed by atoms with Crippen LogP contribution in [0.15, 0.2) is 0 Å². The second kappa shape index (κ2) is 6.43. The van der Waals surface area contributed by atoms with Crippen LogP contribution in [0.2, 0.25) is 0 Å². The zero-order valence-corrected chi connectivity index (χ0v) is 13.3. The van der Waals surface area contributed by atoms with Crippen molar-refractivity contribution in [1.29, 1.82) is 0 Å². The second-order valence-electron chi connectivity index (χ2n) is 5.62. The van der Waals surface area contributed by atoms with E-state index in [4.69, 9.17) is 18.0 Å². The first-order valence-electron chi connectivity index (χ1n) is 7.25. The molecule has 1 heterocycles. The van der Waals surface area contributed by atoms with Gasteiger partial charge in [0.1, 0.15) is 0 Å². The molecule has 0 unspecified atom stereocenters. The monoisotopic (exact) mass is 307 g/mol. The molecule has 2 rings (SSSR count). The van der Waals surface area contributed by atoms with E-state index in [0.717, 1.165) is 37.1 Å². The Bertz CT molecular complexity index is 552. The van der Waals surface area contributed by atoms with Gasteiger partial charge in [0, 0.05) is 0 Å². The highest BCUT2D eigenvalue weighted by Gasteiger charge is 2.41. The topological polar surface area (TPSA) is 93.8 Å². The summed E-state index contributed by atoms with van der Waals surface area (Å²) in [6.45, 7) is 3.65. The molecule has 0 radical (unpaired) electrons. The summed E-state index contributed by atoms with van der Waals surface area (Å²) in [5.41, 5.74) is 6.59.